The van der Waals surface area contributed by atoms with Crippen LogP contribution in [0.3, 0.4) is 0 Å². The molecule has 1 unspecified atom stereocenters. The molecule has 0 aliphatic rings. The molecule has 0 saturated carbocycles. The molecule has 0 radical (unpaired) electrons. The molecule has 0 heterocycles. The predicted octanol–water partition coefficient (Wildman–Crippen LogP) is 3.65. The van der Waals surface area contributed by atoms with Crippen LogP contribution in [0.15, 0.2) is 46.9 Å². The summed E-state index contributed by atoms with van der Waals surface area (Å²) in [6, 6.07) is 11.8. The van der Waals surface area contributed by atoms with Gasteiger partial charge in [0.1, 0.15) is 11.3 Å². The minimum absolute atomic E-state index is 0.0355. The number of hydrogen-bond acceptors (Lipinski definition) is 4. The number of phenolic OH excluding ortho intramolecular Hbond substituents is 1. The van der Waals surface area contributed by atoms with Crippen molar-refractivity contribution >= 4 is 33.5 Å². The van der Waals surface area contributed by atoms with Gasteiger partial charge < -0.3 is 15.2 Å². The Kier molecular flexibility index (Phi) is 5.39. The molecule has 0 aromatic heterocycles. The number of anilines is 1. The molecule has 23 heavy (non-hydrogen) atoms. The molecule has 2 aromatic carbocycles. The number of aromatic hydroxyl groups is 1. The first-order valence-electron chi connectivity index (χ1n) is 6.94. The summed E-state index contributed by atoms with van der Waals surface area (Å²) in [4.78, 5) is 24.1. The van der Waals surface area contributed by atoms with E-state index in [-0.39, 0.29) is 11.3 Å². The second-order valence-corrected chi connectivity index (χ2v) is 5.93. The van der Waals surface area contributed by atoms with Crippen LogP contribution in [0.2, 0.25) is 0 Å². The number of benzene rings is 2. The Balaban J connectivity index is 2.01. The SMILES string of the molecule is Cc1cccc(C(=O)OC(C)C(=O)Nc2ccc(Br)cc2)c1O. The van der Waals surface area contributed by atoms with Crippen molar-refractivity contribution < 1.29 is 19.4 Å². The lowest BCUT2D eigenvalue weighted by atomic mass is 10.1. The minimum atomic E-state index is -0.994. The van der Waals surface area contributed by atoms with Gasteiger partial charge in [-0.25, -0.2) is 4.79 Å². The molecule has 0 bridgehead atoms. The Bertz CT molecular complexity index is 728. The number of hydrogen-bond donors (Lipinski definition) is 2. The molecule has 120 valence electrons. The normalized spacial score (nSPS) is 11.6. The maximum absolute atomic E-state index is 12.1. The molecular weight excluding hydrogens is 362 g/mol. The second-order valence-electron chi connectivity index (χ2n) is 5.01. The van der Waals surface area contributed by atoms with Crippen LogP contribution in [0.25, 0.3) is 0 Å². The molecule has 2 N–H and O–H groups in total. The van der Waals surface area contributed by atoms with Gasteiger partial charge in [0.15, 0.2) is 6.10 Å². The standard InChI is InChI=1S/C17H16BrNO4/c1-10-4-3-5-14(15(10)20)17(22)23-11(2)16(21)19-13-8-6-12(18)7-9-13/h3-9,11,20H,1-2H3,(H,19,21). The zero-order chi connectivity index (χ0) is 17.0. The lowest BCUT2D eigenvalue weighted by Gasteiger charge is -2.14. The third-order valence-corrected chi connectivity index (χ3v) is 3.75. The molecule has 0 saturated heterocycles. The summed E-state index contributed by atoms with van der Waals surface area (Å²) in [5.41, 5.74) is 1.19. The summed E-state index contributed by atoms with van der Waals surface area (Å²) >= 11 is 3.31. The van der Waals surface area contributed by atoms with E-state index in [1.165, 1.54) is 13.0 Å². The smallest absolute Gasteiger partial charge is 0.342 e. The first kappa shape index (κ1) is 17.0. The van der Waals surface area contributed by atoms with E-state index in [9.17, 15) is 14.7 Å². The van der Waals surface area contributed by atoms with Gasteiger partial charge in [0.25, 0.3) is 5.91 Å². The number of para-hydroxylation sites is 1. The number of aryl methyl sites for hydroxylation is 1. The number of ether oxygens (including phenoxy) is 1. The van der Waals surface area contributed by atoms with Crippen molar-refractivity contribution in [1.29, 1.82) is 0 Å². The Morgan fingerprint density at radius 3 is 2.48 bits per heavy atom. The number of carbonyl (C=O) groups is 2. The quantitative estimate of drug-likeness (QED) is 0.797. The Hall–Kier alpha value is -2.34. The molecule has 0 aliphatic carbocycles. The van der Waals surface area contributed by atoms with Gasteiger partial charge in [0.2, 0.25) is 0 Å². The number of phenols is 1. The summed E-state index contributed by atoms with van der Waals surface area (Å²) in [5.74, 6) is -1.34. The molecule has 0 spiro atoms. The maximum Gasteiger partial charge on any atom is 0.342 e. The molecule has 0 aliphatic heterocycles. The van der Waals surface area contributed by atoms with E-state index in [0.717, 1.165) is 4.47 Å². The van der Waals surface area contributed by atoms with Crippen LogP contribution in [0.1, 0.15) is 22.8 Å². The fraction of sp³-hybridized carbons (Fsp3) is 0.176. The fourth-order valence-electron chi connectivity index (χ4n) is 1.88. The first-order valence-corrected chi connectivity index (χ1v) is 7.74. The van der Waals surface area contributed by atoms with Crippen LogP contribution < -0.4 is 5.32 Å². The molecule has 0 fully saturated rings. The summed E-state index contributed by atoms with van der Waals surface area (Å²) in [6.45, 7) is 3.15. The molecule has 2 rings (SSSR count). The van der Waals surface area contributed by atoms with E-state index >= 15 is 0 Å². The summed E-state index contributed by atoms with van der Waals surface area (Å²) < 4.78 is 6.00. The number of carbonyl (C=O) groups excluding carboxylic acids is 2. The highest BCUT2D eigenvalue weighted by Crippen LogP contribution is 2.22. The average molecular weight is 378 g/mol. The van der Waals surface area contributed by atoms with Crippen LogP contribution in [-0.4, -0.2) is 23.1 Å². The Morgan fingerprint density at radius 2 is 1.83 bits per heavy atom. The van der Waals surface area contributed by atoms with Gasteiger partial charge in [-0.2, -0.15) is 0 Å². The van der Waals surface area contributed by atoms with Gasteiger partial charge in [-0.05, 0) is 49.7 Å². The number of nitrogens with one attached hydrogen (secondary N) is 1. The lowest BCUT2D eigenvalue weighted by Crippen LogP contribution is -2.30. The Labute approximate surface area is 142 Å². The Morgan fingerprint density at radius 1 is 1.17 bits per heavy atom. The van der Waals surface area contributed by atoms with Crippen LogP contribution in [0, 0.1) is 6.92 Å². The summed E-state index contributed by atoms with van der Waals surface area (Å²) in [5, 5.41) is 12.5. The molecule has 1 atom stereocenters. The van der Waals surface area contributed by atoms with Crippen molar-refractivity contribution in [2.24, 2.45) is 0 Å². The van der Waals surface area contributed by atoms with Crippen LogP contribution in [-0.2, 0) is 9.53 Å². The third kappa shape index (κ3) is 4.32. The van der Waals surface area contributed by atoms with Gasteiger partial charge >= 0.3 is 5.97 Å². The summed E-state index contributed by atoms with van der Waals surface area (Å²) in [6.07, 6.45) is -0.994. The predicted molar refractivity (Wildman–Crippen MR) is 90.5 cm³/mol. The number of esters is 1. The van der Waals surface area contributed by atoms with E-state index < -0.39 is 18.0 Å². The second kappa shape index (κ2) is 7.28. The molecule has 1 amide bonds. The van der Waals surface area contributed by atoms with E-state index in [4.69, 9.17) is 4.74 Å². The van der Waals surface area contributed by atoms with Gasteiger partial charge in [-0.3, -0.25) is 4.79 Å². The third-order valence-electron chi connectivity index (χ3n) is 3.22. The fourth-order valence-corrected chi connectivity index (χ4v) is 2.14. The average Bonchev–Trinajstić information content (AvgIpc) is 2.52. The molecule has 6 heteroatoms. The van der Waals surface area contributed by atoms with Crippen LogP contribution >= 0.6 is 15.9 Å². The molecular formula is C17H16BrNO4. The topological polar surface area (TPSA) is 75.6 Å². The van der Waals surface area contributed by atoms with Crippen LogP contribution in [0.4, 0.5) is 5.69 Å². The zero-order valence-corrected chi connectivity index (χ0v) is 14.3. The van der Waals surface area contributed by atoms with E-state index in [2.05, 4.69) is 21.2 Å². The van der Waals surface area contributed by atoms with E-state index in [0.29, 0.717) is 11.3 Å². The van der Waals surface area contributed by atoms with Crippen molar-refractivity contribution in [3.8, 4) is 5.75 Å². The van der Waals surface area contributed by atoms with Gasteiger partial charge in [-0.1, -0.05) is 28.1 Å². The van der Waals surface area contributed by atoms with Crippen molar-refractivity contribution in [2.45, 2.75) is 20.0 Å². The molecule has 5 nitrogen and oxygen atoms in total. The van der Waals surface area contributed by atoms with E-state index in [1.807, 2.05) is 0 Å². The number of amides is 1. The highest BCUT2D eigenvalue weighted by Gasteiger charge is 2.21. The number of rotatable bonds is 4. The minimum Gasteiger partial charge on any atom is -0.507 e. The lowest BCUT2D eigenvalue weighted by molar-refractivity contribution is -0.123. The summed E-state index contributed by atoms with van der Waals surface area (Å²) in [7, 11) is 0. The first-order chi connectivity index (χ1) is 10.9. The van der Waals surface area contributed by atoms with Crippen molar-refractivity contribution in [2.75, 3.05) is 5.32 Å². The van der Waals surface area contributed by atoms with Gasteiger partial charge in [0.05, 0.1) is 0 Å². The van der Waals surface area contributed by atoms with Crippen molar-refractivity contribution in [3.63, 3.8) is 0 Å². The molecule has 2 aromatic rings. The van der Waals surface area contributed by atoms with Gasteiger partial charge in [0, 0.05) is 10.2 Å². The van der Waals surface area contributed by atoms with Crippen LogP contribution in [0.5, 0.6) is 5.75 Å². The largest absolute Gasteiger partial charge is 0.507 e. The zero-order valence-electron chi connectivity index (χ0n) is 12.7. The monoisotopic (exact) mass is 377 g/mol. The van der Waals surface area contributed by atoms with Gasteiger partial charge in [-0.15, -0.1) is 0 Å². The van der Waals surface area contributed by atoms with Crippen molar-refractivity contribution in [1.82, 2.24) is 0 Å². The van der Waals surface area contributed by atoms with Crippen molar-refractivity contribution in [3.05, 3.63) is 58.1 Å². The maximum atomic E-state index is 12.1. The number of halogens is 1. The van der Waals surface area contributed by atoms with E-state index in [1.54, 1.807) is 43.3 Å². The highest BCUT2D eigenvalue weighted by atomic mass is 79.9. The highest BCUT2D eigenvalue weighted by molar-refractivity contribution is 9.10.